The second-order valence-electron chi connectivity index (χ2n) is 5.52. The molecule has 130 valence electrons. The summed E-state index contributed by atoms with van der Waals surface area (Å²) in [5, 5.41) is 12.3. The lowest BCUT2D eigenvalue weighted by atomic mass is 10.1. The van der Waals surface area contributed by atoms with Crippen LogP contribution >= 0.6 is 0 Å². The van der Waals surface area contributed by atoms with Crippen molar-refractivity contribution in [1.82, 2.24) is 0 Å². The molecule has 0 fully saturated rings. The number of ether oxygens (including phenoxy) is 1. The minimum Gasteiger partial charge on any atom is -0.478 e. The van der Waals surface area contributed by atoms with Gasteiger partial charge >= 0.3 is 11.9 Å². The van der Waals surface area contributed by atoms with Crippen LogP contribution < -0.4 is 15.8 Å². The van der Waals surface area contributed by atoms with Crippen molar-refractivity contribution in [2.45, 2.75) is 0 Å². The highest BCUT2D eigenvalue weighted by Gasteiger charge is 2.11. The van der Waals surface area contributed by atoms with Gasteiger partial charge in [0.25, 0.3) is 0 Å². The van der Waals surface area contributed by atoms with E-state index in [4.69, 9.17) is 10.5 Å². The molecule has 0 saturated carbocycles. The Morgan fingerprint density at radius 1 is 0.923 bits per heavy atom. The van der Waals surface area contributed by atoms with Crippen molar-refractivity contribution in [3.05, 3.63) is 83.9 Å². The van der Waals surface area contributed by atoms with E-state index in [-0.39, 0.29) is 5.56 Å². The molecule has 0 aliphatic carbocycles. The Kier molecular flexibility index (Phi) is 4.85. The molecule has 0 spiro atoms. The maximum atomic E-state index is 12.0. The maximum absolute atomic E-state index is 12.0. The molecule has 0 bridgehead atoms. The average Bonchev–Trinajstić information content (AvgIpc) is 2.65. The van der Waals surface area contributed by atoms with Gasteiger partial charge in [-0.1, -0.05) is 18.2 Å². The minimum atomic E-state index is -1.08. The van der Waals surface area contributed by atoms with Crippen LogP contribution in [0.5, 0.6) is 5.75 Å². The smallest absolute Gasteiger partial charge is 0.343 e. The lowest BCUT2D eigenvalue weighted by Gasteiger charge is -2.11. The zero-order valence-electron chi connectivity index (χ0n) is 13.7. The van der Waals surface area contributed by atoms with E-state index in [9.17, 15) is 14.7 Å². The third-order valence-electron chi connectivity index (χ3n) is 3.63. The summed E-state index contributed by atoms with van der Waals surface area (Å²) in [5.74, 6) is -1.13. The van der Waals surface area contributed by atoms with Gasteiger partial charge in [-0.3, -0.25) is 0 Å². The topological polar surface area (TPSA) is 102 Å². The summed E-state index contributed by atoms with van der Waals surface area (Å²) in [6.45, 7) is 0. The molecular formula is C20H16N2O4. The van der Waals surface area contributed by atoms with Crippen LogP contribution in [0.15, 0.2) is 72.8 Å². The van der Waals surface area contributed by atoms with Gasteiger partial charge in [0.05, 0.1) is 16.8 Å². The zero-order chi connectivity index (χ0) is 18.5. The highest BCUT2D eigenvalue weighted by Crippen LogP contribution is 2.25. The van der Waals surface area contributed by atoms with Gasteiger partial charge in [-0.25, -0.2) is 9.59 Å². The van der Waals surface area contributed by atoms with E-state index in [1.807, 2.05) is 6.07 Å². The van der Waals surface area contributed by atoms with Crippen molar-refractivity contribution in [2.75, 3.05) is 11.1 Å². The van der Waals surface area contributed by atoms with Gasteiger partial charge in [0.15, 0.2) is 0 Å². The van der Waals surface area contributed by atoms with Gasteiger partial charge in [-0.05, 0) is 54.6 Å². The normalized spacial score (nSPS) is 10.2. The van der Waals surface area contributed by atoms with Gasteiger partial charge in [0, 0.05) is 11.4 Å². The van der Waals surface area contributed by atoms with Gasteiger partial charge in [0.2, 0.25) is 0 Å². The van der Waals surface area contributed by atoms with Crippen LogP contribution in [-0.2, 0) is 0 Å². The predicted octanol–water partition coefficient (Wildman–Crippen LogP) is 3.93. The molecule has 0 saturated heterocycles. The van der Waals surface area contributed by atoms with Gasteiger partial charge in [-0.15, -0.1) is 0 Å². The van der Waals surface area contributed by atoms with Crippen molar-refractivity contribution in [2.24, 2.45) is 0 Å². The first-order valence-corrected chi connectivity index (χ1v) is 7.80. The van der Waals surface area contributed by atoms with E-state index in [1.165, 1.54) is 6.07 Å². The molecule has 6 heteroatoms. The van der Waals surface area contributed by atoms with Crippen LogP contribution in [0.3, 0.4) is 0 Å². The number of carboxylic acid groups (broad SMARTS) is 1. The van der Waals surface area contributed by atoms with Crippen molar-refractivity contribution < 1.29 is 19.4 Å². The molecule has 4 N–H and O–H groups in total. The first-order chi connectivity index (χ1) is 12.5. The van der Waals surface area contributed by atoms with Crippen LogP contribution in [0.4, 0.5) is 17.1 Å². The standard InChI is InChI=1S/C20H16N2O4/c21-14-6-11-18(17(12-14)19(23)24)22-15-7-9-16(10-8-15)26-20(25)13-4-2-1-3-5-13/h1-12,22H,21H2,(H,23,24). The highest BCUT2D eigenvalue weighted by molar-refractivity contribution is 5.96. The first kappa shape index (κ1) is 17.0. The molecule has 0 unspecified atom stereocenters. The molecule has 0 atom stereocenters. The summed E-state index contributed by atoms with van der Waals surface area (Å²) in [6.07, 6.45) is 0. The van der Waals surface area contributed by atoms with Crippen molar-refractivity contribution in [3.8, 4) is 5.75 Å². The fourth-order valence-corrected chi connectivity index (χ4v) is 2.35. The summed E-state index contributed by atoms with van der Waals surface area (Å²) in [7, 11) is 0. The summed E-state index contributed by atoms with van der Waals surface area (Å²) >= 11 is 0. The highest BCUT2D eigenvalue weighted by atomic mass is 16.5. The van der Waals surface area contributed by atoms with Crippen LogP contribution in [0.2, 0.25) is 0 Å². The molecule has 0 aliphatic rings. The predicted molar refractivity (Wildman–Crippen MR) is 98.9 cm³/mol. The number of nitrogens with one attached hydrogen (secondary N) is 1. The largest absolute Gasteiger partial charge is 0.478 e. The maximum Gasteiger partial charge on any atom is 0.343 e. The molecule has 3 aromatic carbocycles. The molecule has 3 rings (SSSR count). The number of benzene rings is 3. The first-order valence-electron chi connectivity index (χ1n) is 7.80. The van der Waals surface area contributed by atoms with Crippen molar-refractivity contribution in [1.29, 1.82) is 0 Å². The lowest BCUT2D eigenvalue weighted by Crippen LogP contribution is -2.08. The van der Waals surface area contributed by atoms with E-state index in [1.54, 1.807) is 60.7 Å². The van der Waals surface area contributed by atoms with Crippen LogP contribution in [0.1, 0.15) is 20.7 Å². The fourth-order valence-electron chi connectivity index (χ4n) is 2.35. The number of anilines is 3. The van der Waals surface area contributed by atoms with Crippen LogP contribution in [0, 0.1) is 0 Å². The number of carbonyl (C=O) groups is 2. The molecule has 3 aromatic rings. The Balaban J connectivity index is 1.73. The second kappa shape index (κ2) is 7.40. The quantitative estimate of drug-likeness (QED) is 0.367. The Morgan fingerprint density at radius 2 is 1.62 bits per heavy atom. The molecule has 6 nitrogen and oxygen atoms in total. The number of nitrogen functional groups attached to an aromatic ring is 1. The Morgan fingerprint density at radius 3 is 2.27 bits per heavy atom. The van der Waals surface area contributed by atoms with Crippen LogP contribution in [0.25, 0.3) is 0 Å². The summed E-state index contributed by atoms with van der Waals surface area (Å²) in [6, 6.07) is 19.9. The number of nitrogens with two attached hydrogens (primary N) is 1. The summed E-state index contributed by atoms with van der Waals surface area (Å²) in [5.41, 5.74) is 7.61. The molecule has 0 amide bonds. The van der Waals surface area contributed by atoms with Gasteiger partial charge in [-0.2, -0.15) is 0 Å². The fraction of sp³-hybridized carbons (Fsp3) is 0. The Labute approximate surface area is 149 Å². The zero-order valence-corrected chi connectivity index (χ0v) is 13.7. The number of rotatable bonds is 5. The van der Waals surface area contributed by atoms with E-state index in [0.29, 0.717) is 28.4 Å². The second-order valence-corrected chi connectivity index (χ2v) is 5.52. The third kappa shape index (κ3) is 3.99. The summed E-state index contributed by atoms with van der Waals surface area (Å²) in [4.78, 5) is 23.3. The summed E-state index contributed by atoms with van der Waals surface area (Å²) < 4.78 is 5.31. The lowest BCUT2D eigenvalue weighted by molar-refractivity contribution is 0.0695. The van der Waals surface area contributed by atoms with Crippen molar-refractivity contribution in [3.63, 3.8) is 0 Å². The van der Waals surface area contributed by atoms with E-state index in [2.05, 4.69) is 5.32 Å². The van der Waals surface area contributed by atoms with Gasteiger partial charge < -0.3 is 20.9 Å². The number of carboxylic acids is 1. The molecule has 26 heavy (non-hydrogen) atoms. The number of hydrogen-bond acceptors (Lipinski definition) is 5. The molecule has 0 aliphatic heterocycles. The number of carbonyl (C=O) groups excluding carboxylic acids is 1. The monoisotopic (exact) mass is 348 g/mol. The van der Waals surface area contributed by atoms with E-state index >= 15 is 0 Å². The SMILES string of the molecule is Nc1ccc(Nc2ccc(OC(=O)c3ccccc3)cc2)c(C(=O)O)c1. The van der Waals surface area contributed by atoms with Crippen molar-refractivity contribution >= 4 is 29.0 Å². The molecule has 0 heterocycles. The Hall–Kier alpha value is -3.80. The van der Waals surface area contributed by atoms with E-state index in [0.717, 1.165) is 0 Å². The average molecular weight is 348 g/mol. The van der Waals surface area contributed by atoms with E-state index < -0.39 is 11.9 Å². The molecular weight excluding hydrogens is 332 g/mol. The molecule has 0 aromatic heterocycles. The Bertz CT molecular complexity index is 938. The number of aromatic carboxylic acids is 1. The third-order valence-corrected chi connectivity index (χ3v) is 3.63. The number of hydrogen-bond donors (Lipinski definition) is 3. The molecule has 0 radical (unpaired) electrons. The minimum absolute atomic E-state index is 0.0737. The van der Waals surface area contributed by atoms with Gasteiger partial charge in [0.1, 0.15) is 5.75 Å². The number of esters is 1. The van der Waals surface area contributed by atoms with Crippen LogP contribution in [-0.4, -0.2) is 17.0 Å².